The first-order chi connectivity index (χ1) is 32.6. The van der Waals surface area contributed by atoms with E-state index in [1.54, 1.807) is 6.07 Å². The zero-order valence-corrected chi connectivity index (χ0v) is 35.3. The number of nitrogens with zero attached hydrogens (tertiary/aromatic N) is 7. The number of aromatic nitrogens is 5. The van der Waals surface area contributed by atoms with Crippen molar-refractivity contribution in [2.45, 2.75) is 0 Å². The van der Waals surface area contributed by atoms with Crippen LogP contribution in [0.1, 0.15) is 11.1 Å². The molecule has 12 rings (SSSR count). The van der Waals surface area contributed by atoms with E-state index in [1.165, 1.54) is 10.8 Å². The number of benzene rings is 9. The Morgan fingerprint density at radius 3 is 1.33 bits per heavy atom. The Balaban J connectivity index is 1.14. The molecule has 0 spiro atoms. The molecule has 0 unspecified atom stereocenters. The van der Waals surface area contributed by atoms with E-state index < -0.39 is 0 Å². The summed E-state index contributed by atoms with van der Waals surface area (Å²) in [6.45, 7) is 0. The van der Waals surface area contributed by atoms with Gasteiger partial charge in [0.25, 0.3) is 0 Å². The van der Waals surface area contributed by atoms with Crippen molar-refractivity contribution >= 4 is 43.6 Å². The van der Waals surface area contributed by atoms with E-state index >= 15 is 0 Å². The zero-order chi connectivity index (χ0) is 44.1. The van der Waals surface area contributed by atoms with Gasteiger partial charge in [-0.05, 0) is 83.4 Å². The van der Waals surface area contributed by atoms with Gasteiger partial charge in [-0.15, -0.1) is 0 Å². The van der Waals surface area contributed by atoms with Crippen LogP contribution in [0.25, 0.3) is 111 Å². The normalized spacial score (nSPS) is 11.3. The molecule has 7 heteroatoms. The fourth-order valence-corrected chi connectivity index (χ4v) is 9.44. The Bertz CT molecular complexity index is 3820. The van der Waals surface area contributed by atoms with Crippen LogP contribution in [-0.2, 0) is 0 Å². The molecule has 0 atom stereocenters. The molecule has 0 aliphatic carbocycles. The fraction of sp³-hybridized carbons (Fsp3) is 0. The summed E-state index contributed by atoms with van der Waals surface area (Å²) in [4.78, 5) is 15.7. The number of para-hydroxylation sites is 4. The van der Waals surface area contributed by atoms with E-state index in [-0.39, 0.29) is 0 Å². The second kappa shape index (κ2) is 15.7. The number of rotatable bonds is 7. The van der Waals surface area contributed by atoms with Gasteiger partial charge in [0.2, 0.25) is 0 Å². The van der Waals surface area contributed by atoms with Gasteiger partial charge in [0.15, 0.2) is 17.5 Å². The smallest absolute Gasteiger partial charge is 0.166 e. The average molecular weight is 842 g/mol. The van der Waals surface area contributed by atoms with E-state index in [0.717, 1.165) is 83.2 Å². The summed E-state index contributed by atoms with van der Waals surface area (Å²) < 4.78 is 4.67. The molecule has 0 aliphatic rings. The molecule has 0 fully saturated rings. The van der Waals surface area contributed by atoms with Gasteiger partial charge >= 0.3 is 0 Å². The predicted molar refractivity (Wildman–Crippen MR) is 265 cm³/mol. The Morgan fingerprint density at radius 1 is 0.303 bits per heavy atom. The number of nitriles is 2. The highest BCUT2D eigenvalue weighted by molar-refractivity contribution is 6.12. The van der Waals surface area contributed by atoms with E-state index in [2.05, 4.69) is 155 Å². The molecule has 306 valence electrons. The molecule has 7 nitrogen and oxygen atoms in total. The van der Waals surface area contributed by atoms with Crippen LogP contribution >= 0.6 is 0 Å². The monoisotopic (exact) mass is 841 g/mol. The molecule has 0 bridgehead atoms. The van der Waals surface area contributed by atoms with Crippen molar-refractivity contribution in [2.24, 2.45) is 0 Å². The molecule has 12 aromatic rings. The topological polar surface area (TPSA) is 96.1 Å². The third kappa shape index (κ3) is 6.39. The maximum atomic E-state index is 9.82. The second-order valence-electron chi connectivity index (χ2n) is 16.3. The highest BCUT2D eigenvalue weighted by atomic mass is 15.1. The van der Waals surface area contributed by atoms with Crippen LogP contribution in [0.15, 0.2) is 212 Å². The first-order valence-electron chi connectivity index (χ1n) is 21.7. The van der Waals surface area contributed by atoms with Crippen LogP contribution in [0.4, 0.5) is 0 Å². The highest BCUT2D eigenvalue weighted by Gasteiger charge is 2.22. The van der Waals surface area contributed by atoms with Gasteiger partial charge < -0.3 is 9.13 Å². The van der Waals surface area contributed by atoms with Crippen LogP contribution < -0.4 is 0 Å². The summed E-state index contributed by atoms with van der Waals surface area (Å²) in [5.41, 5.74) is 13.5. The van der Waals surface area contributed by atoms with Gasteiger partial charge in [0.1, 0.15) is 0 Å². The molecule has 66 heavy (non-hydrogen) atoms. The molecule has 0 saturated heterocycles. The molecule has 0 N–H and O–H groups in total. The Morgan fingerprint density at radius 2 is 0.758 bits per heavy atom. The van der Waals surface area contributed by atoms with E-state index in [9.17, 15) is 10.5 Å². The lowest BCUT2D eigenvalue weighted by Gasteiger charge is -2.18. The van der Waals surface area contributed by atoms with Crippen LogP contribution in [-0.4, -0.2) is 24.1 Å². The van der Waals surface area contributed by atoms with Crippen molar-refractivity contribution in [3.05, 3.63) is 223 Å². The molecule has 0 aliphatic heterocycles. The summed E-state index contributed by atoms with van der Waals surface area (Å²) in [6, 6.07) is 77.0. The minimum absolute atomic E-state index is 0.443. The first-order valence-corrected chi connectivity index (χ1v) is 21.7. The zero-order valence-electron chi connectivity index (χ0n) is 35.3. The van der Waals surface area contributed by atoms with Crippen molar-refractivity contribution in [2.75, 3.05) is 0 Å². The van der Waals surface area contributed by atoms with Crippen LogP contribution in [0.5, 0.6) is 0 Å². The fourth-order valence-electron chi connectivity index (χ4n) is 9.44. The van der Waals surface area contributed by atoms with Crippen molar-refractivity contribution in [3.63, 3.8) is 0 Å². The third-order valence-electron chi connectivity index (χ3n) is 12.4. The molecular formula is C59H35N7. The second-order valence-corrected chi connectivity index (χ2v) is 16.3. The quantitative estimate of drug-likeness (QED) is 0.159. The largest absolute Gasteiger partial charge is 0.309 e. The lowest BCUT2D eigenvalue weighted by molar-refractivity contribution is 1.06. The summed E-state index contributed by atoms with van der Waals surface area (Å²) in [5.74, 6) is 1.68. The van der Waals surface area contributed by atoms with Gasteiger partial charge in [-0.3, -0.25) is 0 Å². The van der Waals surface area contributed by atoms with E-state index in [0.29, 0.717) is 28.6 Å². The minimum Gasteiger partial charge on any atom is -0.309 e. The molecule has 3 aromatic heterocycles. The van der Waals surface area contributed by atoms with Crippen molar-refractivity contribution in [3.8, 4) is 79.9 Å². The van der Waals surface area contributed by atoms with Gasteiger partial charge in [-0.1, -0.05) is 146 Å². The third-order valence-corrected chi connectivity index (χ3v) is 12.4. The summed E-state index contributed by atoms with van der Waals surface area (Å²) in [7, 11) is 0. The van der Waals surface area contributed by atoms with E-state index in [1.807, 2.05) is 72.8 Å². The lowest BCUT2D eigenvalue weighted by atomic mass is 9.98. The average Bonchev–Trinajstić information content (AvgIpc) is 3.91. The van der Waals surface area contributed by atoms with Gasteiger partial charge in [0.05, 0.1) is 56.7 Å². The van der Waals surface area contributed by atoms with Crippen LogP contribution in [0.3, 0.4) is 0 Å². The van der Waals surface area contributed by atoms with Crippen LogP contribution in [0.2, 0.25) is 0 Å². The van der Waals surface area contributed by atoms with Crippen LogP contribution in [0, 0.1) is 22.7 Å². The molecule has 3 heterocycles. The van der Waals surface area contributed by atoms with Crippen molar-refractivity contribution < 1.29 is 0 Å². The number of hydrogen-bond acceptors (Lipinski definition) is 5. The lowest BCUT2D eigenvalue weighted by Crippen LogP contribution is -2.04. The number of hydrogen-bond donors (Lipinski definition) is 0. The van der Waals surface area contributed by atoms with Gasteiger partial charge in [0, 0.05) is 43.8 Å². The Kier molecular flexibility index (Phi) is 9.12. The van der Waals surface area contributed by atoms with Gasteiger partial charge in [-0.25, -0.2) is 15.0 Å². The SMILES string of the molecule is N#Cc1cc(C#N)cc(-c2ccc3c(c2)c2ccccc2n3-c2ccc(-c3ccccc3-n3c4ccccc4c4ccccc43)cc2-c2nc(-c3ccccc3)nc(-c3ccccc3)n2)c1. The van der Waals surface area contributed by atoms with Gasteiger partial charge in [-0.2, -0.15) is 10.5 Å². The standard InChI is InChI=1S/C59H35N7/c60-36-38-31-39(37-61)33-44(32-38)42-27-29-55-49(34-42)48-22-10-14-26-54(48)66(55)56-30-28-43(45-19-7-11-23-51(45)65-52-24-12-8-20-46(52)47-21-9-13-25-53(47)65)35-50(56)59-63-57(40-15-3-1-4-16-40)62-58(64-59)41-17-5-2-6-18-41/h1-35H. The molecule has 0 amide bonds. The predicted octanol–water partition coefficient (Wildman–Crippen LogP) is 14.1. The molecule has 9 aromatic carbocycles. The summed E-state index contributed by atoms with van der Waals surface area (Å²) in [6.07, 6.45) is 0. The summed E-state index contributed by atoms with van der Waals surface area (Å²) >= 11 is 0. The van der Waals surface area contributed by atoms with Crippen molar-refractivity contribution in [1.29, 1.82) is 10.5 Å². The molecule has 0 radical (unpaired) electrons. The van der Waals surface area contributed by atoms with E-state index in [4.69, 9.17) is 15.0 Å². The Hall–Kier alpha value is -9.43. The first kappa shape index (κ1) is 38.3. The Labute approximate surface area is 380 Å². The van der Waals surface area contributed by atoms with Crippen molar-refractivity contribution in [1.82, 2.24) is 24.1 Å². The maximum absolute atomic E-state index is 9.82. The number of fused-ring (bicyclic) bond motifs is 6. The summed E-state index contributed by atoms with van der Waals surface area (Å²) in [5, 5.41) is 24.1. The maximum Gasteiger partial charge on any atom is 0.166 e. The molecule has 0 saturated carbocycles. The minimum atomic E-state index is 0.443. The molecular weight excluding hydrogens is 807 g/mol. The highest BCUT2D eigenvalue weighted by Crippen LogP contribution is 2.42.